The van der Waals surface area contributed by atoms with E-state index in [-0.39, 0.29) is 17.8 Å². The lowest BCUT2D eigenvalue weighted by molar-refractivity contribution is 0.0940. The molecule has 0 spiro atoms. The topological polar surface area (TPSA) is 38.3 Å². The molecule has 0 aliphatic heterocycles. The van der Waals surface area contributed by atoms with E-state index in [1.807, 2.05) is 20.8 Å². The van der Waals surface area contributed by atoms with Crippen LogP contribution in [0.1, 0.15) is 41.4 Å². The molecule has 0 aliphatic carbocycles. The first-order valence-corrected chi connectivity index (χ1v) is 7.31. The number of hydrogen-bond acceptors (Lipinski definition) is 2. The van der Waals surface area contributed by atoms with Crippen LogP contribution >= 0.6 is 0 Å². The predicted molar refractivity (Wildman–Crippen MR) is 84.6 cm³/mol. The lowest BCUT2D eigenvalue weighted by Gasteiger charge is -2.15. The van der Waals surface area contributed by atoms with Crippen molar-refractivity contribution in [2.75, 3.05) is 6.61 Å². The molecule has 1 atom stereocenters. The minimum atomic E-state index is -0.288. The molecule has 116 valence electrons. The van der Waals surface area contributed by atoms with Gasteiger partial charge in [-0.1, -0.05) is 12.1 Å². The minimum Gasteiger partial charge on any atom is -0.494 e. The molecule has 1 unspecified atom stereocenters. The number of benzene rings is 2. The summed E-state index contributed by atoms with van der Waals surface area (Å²) in [5, 5.41) is 2.91. The molecule has 0 fully saturated rings. The number of carbonyl (C=O) groups excluding carboxylic acids is 1. The van der Waals surface area contributed by atoms with E-state index in [2.05, 4.69) is 5.32 Å². The third-order valence-corrected chi connectivity index (χ3v) is 3.45. The summed E-state index contributed by atoms with van der Waals surface area (Å²) in [6, 6.07) is 11.3. The van der Waals surface area contributed by atoms with E-state index in [9.17, 15) is 9.18 Å². The van der Waals surface area contributed by atoms with E-state index in [4.69, 9.17) is 4.74 Å². The maximum absolute atomic E-state index is 12.9. The highest BCUT2D eigenvalue weighted by molar-refractivity contribution is 5.94. The Kier molecular flexibility index (Phi) is 5.15. The number of halogens is 1. The molecule has 0 heterocycles. The monoisotopic (exact) mass is 301 g/mol. The van der Waals surface area contributed by atoms with Crippen LogP contribution in [0.4, 0.5) is 4.39 Å². The van der Waals surface area contributed by atoms with Gasteiger partial charge in [-0.05, 0) is 62.2 Å². The summed E-state index contributed by atoms with van der Waals surface area (Å²) in [5.41, 5.74) is 2.36. The maximum Gasteiger partial charge on any atom is 0.251 e. The molecule has 0 bridgehead atoms. The molecular weight excluding hydrogens is 281 g/mol. The standard InChI is InChI=1S/C18H20FNO2/c1-4-22-17-10-7-15(11-12(17)2)18(21)20-13(3)14-5-8-16(19)9-6-14/h5-11,13H,4H2,1-3H3,(H,20,21). The SMILES string of the molecule is CCOc1ccc(C(=O)NC(C)c2ccc(F)cc2)cc1C. The number of carbonyl (C=O) groups is 1. The van der Waals surface area contributed by atoms with Crippen molar-refractivity contribution in [3.05, 3.63) is 65.0 Å². The Hall–Kier alpha value is -2.36. The molecule has 1 N–H and O–H groups in total. The van der Waals surface area contributed by atoms with Gasteiger partial charge in [0.2, 0.25) is 0 Å². The Balaban J connectivity index is 2.08. The van der Waals surface area contributed by atoms with Gasteiger partial charge in [0.1, 0.15) is 11.6 Å². The van der Waals surface area contributed by atoms with Crippen molar-refractivity contribution >= 4 is 5.91 Å². The van der Waals surface area contributed by atoms with Gasteiger partial charge < -0.3 is 10.1 Å². The van der Waals surface area contributed by atoms with Crippen LogP contribution < -0.4 is 10.1 Å². The second kappa shape index (κ2) is 7.07. The van der Waals surface area contributed by atoms with E-state index in [0.717, 1.165) is 16.9 Å². The van der Waals surface area contributed by atoms with Crippen LogP contribution in [-0.4, -0.2) is 12.5 Å². The van der Waals surface area contributed by atoms with Gasteiger partial charge in [0.25, 0.3) is 5.91 Å². The fraction of sp³-hybridized carbons (Fsp3) is 0.278. The third-order valence-electron chi connectivity index (χ3n) is 3.45. The van der Waals surface area contributed by atoms with Crippen molar-refractivity contribution in [1.29, 1.82) is 0 Å². The van der Waals surface area contributed by atoms with E-state index in [1.165, 1.54) is 12.1 Å². The van der Waals surface area contributed by atoms with Crippen molar-refractivity contribution in [2.24, 2.45) is 0 Å². The molecule has 2 rings (SSSR count). The second-order valence-electron chi connectivity index (χ2n) is 5.16. The van der Waals surface area contributed by atoms with Crippen LogP contribution in [-0.2, 0) is 0 Å². The summed E-state index contributed by atoms with van der Waals surface area (Å²) < 4.78 is 18.4. The fourth-order valence-corrected chi connectivity index (χ4v) is 2.22. The summed E-state index contributed by atoms with van der Waals surface area (Å²) in [6.07, 6.45) is 0. The largest absolute Gasteiger partial charge is 0.494 e. The van der Waals surface area contributed by atoms with Crippen molar-refractivity contribution in [3.63, 3.8) is 0 Å². The van der Waals surface area contributed by atoms with E-state index < -0.39 is 0 Å². The third kappa shape index (κ3) is 3.85. The molecule has 1 amide bonds. The molecule has 0 saturated heterocycles. The second-order valence-corrected chi connectivity index (χ2v) is 5.16. The number of nitrogens with one attached hydrogen (secondary N) is 1. The average molecular weight is 301 g/mol. The smallest absolute Gasteiger partial charge is 0.251 e. The summed E-state index contributed by atoms with van der Waals surface area (Å²) in [7, 11) is 0. The molecule has 2 aromatic rings. The Bertz CT molecular complexity index is 653. The van der Waals surface area contributed by atoms with E-state index in [0.29, 0.717) is 12.2 Å². The Morgan fingerprint density at radius 3 is 2.50 bits per heavy atom. The van der Waals surface area contributed by atoms with Gasteiger partial charge in [0.15, 0.2) is 0 Å². The van der Waals surface area contributed by atoms with Gasteiger partial charge in [-0.3, -0.25) is 4.79 Å². The normalized spacial score (nSPS) is 11.8. The minimum absolute atomic E-state index is 0.164. The van der Waals surface area contributed by atoms with Crippen LogP contribution in [0.2, 0.25) is 0 Å². The van der Waals surface area contributed by atoms with Gasteiger partial charge in [0, 0.05) is 5.56 Å². The number of aryl methyl sites for hydroxylation is 1. The first kappa shape index (κ1) is 16.0. The van der Waals surface area contributed by atoms with Crippen LogP contribution in [0.5, 0.6) is 5.75 Å². The predicted octanol–water partition coefficient (Wildman–Crippen LogP) is 4.02. The quantitative estimate of drug-likeness (QED) is 0.905. The lowest BCUT2D eigenvalue weighted by atomic mass is 10.1. The van der Waals surface area contributed by atoms with Crippen molar-refractivity contribution in [2.45, 2.75) is 26.8 Å². The molecule has 0 radical (unpaired) electrons. The first-order chi connectivity index (χ1) is 10.5. The van der Waals surface area contributed by atoms with Gasteiger partial charge in [-0.2, -0.15) is 0 Å². The molecule has 3 nitrogen and oxygen atoms in total. The number of ether oxygens (including phenoxy) is 1. The van der Waals surface area contributed by atoms with Gasteiger partial charge >= 0.3 is 0 Å². The average Bonchev–Trinajstić information content (AvgIpc) is 2.50. The highest BCUT2D eigenvalue weighted by Crippen LogP contribution is 2.20. The molecule has 22 heavy (non-hydrogen) atoms. The fourth-order valence-electron chi connectivity index (χ4n) is 2.22. The van der Waals surface area contributed by atoms with Crippen LogP contribution in [0, 0.1) is 12.7 Å². The maximum atomic E-state index is 12.9. The van der Waals surface area contributed by atoms with Gasteiger partial charge in [-0.15, -0.1) is 0 Å². The zero-order valence-corrected chi connectivity index (χ0v) is 13.0. The lowest BCUT2D eigenvalue weighted by Crippen LogP contribution is -2.26. The van der Waals surface area contributed by atoms with Crippen molar-refractivity contribution < 1.29 is 13.9 Å². The van der Waals surface area contributed by atoms with Crippen LogP contribution in [0.15, 0.2) is 42.5 Å². The summed E-state index contributed by atoms with van der Waals surface area (Å²) in [5.74, 6) is 0.332. The summed E-state index contributed by atoms with van der Waals surface area (Å²) in [6.45, 7) is 6.29. The van der Waals surface area contributed by atoms with Crippen molar-refractivity contribution in [3.8, 4) is 5.75 Å². The Morgan fingerprint density at radius 2 is 1.91 bits per heavy atom. The highest BCUT2D eigenvalue weighted by atomic mass is 19.1. The zero-order chi connectivity index (χ0) is 16.1. The zero-order valence-electron chi connectivity index (χ0n) is 13.0. The first-order valence-electron chi connectivity index (χ1n) is 7.31. The Morgan fingerprint density at radius 1 is 1.23 bits per heavy atom. The van der Waals surface area contributed by atoms with E-state index >= 15 is 0 Å². The molecule has 2 aromatic carbocycles. The Labute approximate surface area is 130 Å². The number of hydrogen-bond donors (Lipinski definition) is 1. The van der Waals surface area contributed by atoms with Crippen molar-refractivity contribution in [1.82, 2.24) is 5.32 Å². The summed E-state index contributed by atoms with van der Waals surface area (Å²) in [4.78, 5) is 12.3. The molecule has 0 aliphatic rings. The number of rotatable bonds is 5. The molecule has 0 saturated carbocycles. The summed E-state index contributed by atoms with van der Waals surface area (Å²) >= 11 is 0. The highest BCUT2D eigenvalue weighted by Gasteiger charge is 2.12. The van der Waals surface area contributed by atoms with Gasteiger partial charge in [-0.25, -0.2) is 4.39 Å². The van der Waals surface area contributed by atoms with Crippen LogP contribution in [0.25, 0.3) is 0 Å². The molecule has 0 aromatic heterocycles. The van der Waals surface area contributed by atoms with Gasteiger partial charge in [0.05, 0.1) is 12.6 Å². The molecular formula is C18H20FNO2. The van der Waals surface area contributed by atoms with Crippen LogP contribution in [0.3, 0.4) is 0 Å². The molecule has 4 heteroatoms. The number of amides is 1. The van der Waals surface area contributed by atoms with E-state index in [1.54, 1.807) is 30.3 Å².